The van der Waals surface area contributed by atoms with E-state index in [2.05, 4.69) is 48.9 Å². The minimum atomic E-state index is 0.477. The maximum atomic E-state index is 6.06. The van der Waals surface area contributed by atoms with Gasteiger partial charge in [-0.05, 0) is 67.1 Å². The SMILES string of the molecule is Cc1ccccc1Nc1ncc(-c2ccc(Oc3ncnc4c3ncn4CC3CC3)cc2)s1. The van der Waals surface area contributed by atoms with Gasteiger partial charge >= 0.3 is 0 Å². The number of anilines is 2. The van der Waals surface area contributed by atoms with Gasteiger partial charge in [-0.1, -0.05) is 29.5 Å². The third kappa shape index (κ3) is 4.17. The van der Waals surface area contributed by atoms with Gasteiger partial charge in [0.1, 0.15) is 12.1 Å². The molecule has 8 heteroatoms. The van der Waals surface area contributed by atoms with E-state index < -0.39 is 0 Å². The fourth-order valence-electron chi connectivity index (χ4n) is 3.74. The van der Waals surface area contributed by atoms with Crippen molar-refractivity contribution in [3.8, 4) is 22.1 Å². The number of nitrogens with one attached hydrogen (secondary N) is 1. The van der Waals surface area contributed by atoms with E-state index in [0.717, 1.165) is 39.4 Å². The Morgan fingerprint density at radius 2 is 1.88 bits per heavy atom. The second-order valence-electron chi connectivity index (χ2n) is 8.29. The highest BCUT2D eigenvalue weighted by molar-refractivity contribution is 7.18. The molecule has 5 aromatic rings. The van der Waals surface area contributed by atoms with Crippen LogP contribution in [0.1, 0.15) is 18.4 Å². The van der Waals surface area contributed by atoms with Crippen LogP contribution in [0.5, 0.6) is 11.6 Å². The number of thiazole rings is 1. The second-order valence-corrected chi connectivity index (χ2v) is 9.32. The summed E-state index contributed by atoms with van der Waals surface area (Å²) in [6.45, 7) is 3.04. The zero-order chi connectivity index (χ0) is 22.2. The average molecular weight is 455 g/mol. The van der Waals surface area contributed by atoms with E-state index in [0.29, 0.717) is 17.1 Å². The lowest BCUT2D eigenvalue weighted by Crippen LogP contribution is -1.99. The van der Waals surface area contributed by atoms with Crippen LogP contribution in [0.2, 0.25) is 0 Å². The Hall–Kier alpha value is -3.78. The van der Waals surface area contributed by atoms with Crippen LogP contribution < -0.4 is 10.1 Å². The van der Waals surface area contributed by atoms with Gasteiger partial charge in [0, 0.05) is 18.4 Å². The first-order valence-corrected chi connectivity index (χ1v) is 11.8. The lowest BCUT2D eigenvalue weighted by atomic mass is 10.2. The zero-order valence-corrected chi connectivity index (χ0v) is 18.9. The summed E-state index contributed by atoms with van der Waals surface area (Å²) >= 11 is 1.62. The van der Waals surface area contributed by atoms with Crippen LogP contribution >= 0.6 is 11.3 Å². The lowest BCUT2D eigenvalue weighted by Gasteiger charge is -2.07. The summed E-state index contributed by atoms with van der Waals surface area (Å²) in [4.78, 5) is 18.8. The van der Waals surface area contributed by atoms with Crippen LogP contribution in [0.4, 0.5) is 10.8 Å². The molecule has 1 saturated carbocycles. The highest BCUT2D eigenvalue weighted by Crippen LogP contribution is 2.34. The summed E-state index contributed by atoms with van der Waals surface area (Å²) in [6, 6.07) is 16.1. The molecule has 7 nitrogen and oxygen atoms in total. The molecule has 1 aliphatic carbocycles. The fourth-order valence-corrected chi connectivity index (χ4v) is 4.57. The van der Waals surface area contributed by atoms with Crippen molar-refractivity contribution in [1.29, 1.82) is 0 Å². The molecule has 0 bridgehead atoms. The Morgan fingerprint density at radius 3 is 2.70 bits per heavy atom. The molecule has 0 atom stereocenters. The van der Waals surface area contributed by atoms with Crippen LogP contribution in [0, 0.1) is 12.8 Å². The molecule has 1 N–H and O–H groups in total. The van der Waals surface area contributed by atoms with E-state index in [9.17, 15) is 0 Å². The Morgan fingerprint density at radius 1 is 1.03 bits per heavy atom. The van der Waals surface area contributed by atoms with Crippen LogP contribution in [-0.4, -0.2) is 24.5 Å². The average Bonchev–Trinajstić information content (AvgIpc) is 3.37. The number of benzene rings is 2. The van der Waals surface area contributed by atoms with Crippen molar-refractivity contribution in [3.63, 3.8) is 0 Å². The van der Waals surface area contributed by atoms with Gasteiger partial charge in [-0.2, -0.15) is 4.98 Å². The molecule has 1 fully saturated rings. The summed E-state index contributed by atoms with van der Waals surface area (Å²) in [5.41, 5.74) is 4.85. The first-order chi connectivity index (χ1) is 16.2. The Bertz CT molecular complexity index is 1420. The Labute approximate surface area is 195 Å². The summed E-state index contributed by atoms with van der Waals surface area (Å²) in [5.74, 6) is 1.93. The topological polar surface area (TPSA) is 77.8 Å². The van der Waals surface area contributed by atoms with Crippen molar-refractivity contribution in [2.45, 2.75) is 26.3 Å². The van der Waals surface area contributed by atoms with Gasteiger partial charge in [0.25, 0.3) is 5.88 Å². The van der Waals surface area contributed by atoms with Gasteiger partial charge in [-0.25, -0.2) is 15.0 Å². The first-order valence-electron chi connectivity index (χ1n) is 11.0. The number of rotatable bonds is 7. The number of ether oxygens (including phenoxy) is 1. The summed E-state index contributed by atoms with van der Waals surface area (Å²) in [5, 5.41) is 4.27. The molecule has 6 rings (SSSR count). The van der Waals surface area contributed by atoms with Crippen molar-refractivity contribution in [1.82, 2.24) is 24.5 Å². The van der Waals surface area contributed by atoms with Gasteiger partial charge in [0.2, 0.25) is 0 Å². The number of para-hydroxylation sites is 1. The summed E-state index contributed by atoms with van der Waals surface area (Å²) in [7, 11) is 0. The molecular weight excluding hydrogens is 432 g/mol. The number of hydrogen-bond donors (Lipinski definition) is 1. The van der Waals surface area contributed by atoms with E-state index in [1.807, 2.05) is 48.9 Å². The molecular formula is C25H22N6OS. The van der Waals surface area contributed by atoms with Crippen molar-refractivity contribution < 1.29 is 4.74 Å². The molecule has 0 spiro atoms. The number of hydrogen-bond acceptors (Lipinski definition) is 7. The molecule has 0 aliphatic heterocycles. The van der Waals surface area contributed by atoms with E-state index in [-0.39, 0.29) is 0 Å². The van der Waals surface area contributed by atoms with Gasteiger partial charge in [-0.3, -0.25) is 0 Å². The maximum absolute atomic E-state index is 6.06. The van der Waals surface area contributed by atoms with Crippen LogP contribution in [0.15, 0.2) is 67.4 Å². The molecule has 0 amide bonds. The number of nitrogens with zero attached hydrogens (tertiary/aromatic N) is 5. The molecule has 2 aromatic carbocycles. The second kappa shape index (κ2) is 8.29. The largest absolute Gasteiger partial charge is 0.437 e. The molecule has 1 aliphatic rings. The Balaban J connectivity index is 1.18. The smallest absolute Gasteiger partial charge is 0.250 e. The zero-order valence-electron chi connectivity index (χ0n) is 18.1. The van der Waals surface area contributed by atoms with Gasteiger partial charge < -0.3 is 14.6 Å². The number of aryl methyl sites for hydroxylation is 1. The van der Waals surface area contributed by atoms with Crippen LogP contribution in [0.25, 0.3) is 21.6 Å². The van der Waals surface area contributed by atoms with Crippen molar-refractivity contribution >= 4 is 33.3 Å². The summed E-state index contributed by atoms with van der Waals surface area (Å²) < 4.78 is 8.16. The standard InChI is InChI=1S/C25H22N6OS/c1-16-4-2-3-5-20(16)30-25-26-12-21(33-25)18-8-10-19(11-9-18)32-24-22-23(27-14-28-24)31(15-29-22)13-17-6-7-17/h2-5,8-12,14-15,17H,6-7,13H2,1H3,(H,26,30). The van der Waals surface area contributed by atoms with Crippen LogP contribution in [0.3, 0.4) is 0 Å². The van der Waals surface area contributed by atoms with Gasteiger partial charge in [0.05, 0.1) is 11.2 Å². The number of aromatic nitrogens is 5. The van der Waals surface area contributed by atoms with Gasteiger partial charge in [0.15, 0.2) is 16.3 Å². The normalized spacial score (nSPS) is 13.4. The first kappa shape index (κ1) is 19.9. The molecule has 3 heterocycles. The molecule has 0 unspecified atom stereocenters. The quantitative estimate of drug-likeness (QED) is 0.315. The highest BCUT2D eigenvalue weighted by Gasteiger charge is 2.23. The predicted molar refractivity (Wildman–Crippen MR) is 130 cm³/mol. The maximum Gasteiger partial charge on any atom is 0.250 e. The number of fused-ring (bicyclic) bond motifs is 1. The van der Waals surface area contributed by atoms with E-state index in [4.69, 9.17) is 4.74 Å². The lowest BCUT2D eigenvalue weighted by molar-refractivity contribution is 0.467. The van der Waals surface area contributed by atoms with E-state index in [1.54, 1.807) is 11.3 Å². The highest BCUT2D eigenvalue weighted by atomic mass is 32.1. The fraction of sp³-hybridized carbons (Fsp3) is 0.200. The van der Waals surface area contributed by atoms with Gasteiger partial charge in [-0.15, -0.1) is 0 Å². The minimum Gasteiger partial charge on any atom is -0.437 e. The molecule has 0 radical (unpaired) electrons. The molecule has 0 saturated heterocycles. The van der Waals surface area contributed by atoms with Crippen molar-refractivity contribution in [2.75, 3.05) is 5.32 Å². The molecule has 3 aromatic heterocycles. The van der Waals surface area contributed by atoms with E-state index >= 15 is 0 Å². The third-order valence-corrected chi connectivity index (χ3v) is 6.73. The number of imidazole rings is 1. The monoisotopic (exact) mass is 454 g/mol. The van der Waals surface area contributed by atoms with Crippen LogP contribution in [-0.2, 0) is 6.54 Å². The predicted octanol–water partition coefficient (Wildman–Crippen LogP) is 6.20. The van der Waals surface area contributed by atoms with Crippen molar-refractivity contribution in [3.05, 3.63) is 72.9 Å². The minimum absolute atomic E-state index is 0.477. The molecule has 33 heavy (non-hydrogen) atoms. The summed E-state index contributed by atoms with van der Waals surface area (Å²) in [6.07, 6.45) is 7.83. The Kier molecular flexibility index (Phi) is 4.99. The van der Waals surface area contributed by atoms with E-state index in [1.165, 1.54) is 24.7 Å². The molecule has 164 valence electrons. The van der Waals surface area contributed by atoms with Crippen molar-refractivity contribution in [2.24, 2.45) is 5.92 Å². The third-order valence-electron chi connectivity index (χ3n) is 5.77.